The van der Waals surface area contributed by atoms with Crippen LogP contribution in [0.4, 0.5) is 0 Å². The molecule has 0 aromatic heterocycles. The van der Waals surface area contributed by atoms with Gasteiger partial charge in [0.2, 0.25) is 0 Å². The van der Waals surface area contributed by atoms with Gasteiger partial charge < -0.3 is 19.9 Å². The van der Waals surface area contributed by atoms with Crippen LogP contribution in [0.1, 0.15) is 49.4 Å². The van der Waals surface area contributed by atoms with Crippen molar-refractivity contribution >= 4 is 35.1 Å². The van der Waals surface area contributed by atoms with Gasteiger partial charge in [-0.25, -0.2) is 4.79 Å². The van der Waals surface area contributed by atoms with E-state index in [0.29, 0.717) is 41.4 Å². The summed E-state index contributed by atoms with van der Waals surface area (Å²) in [6.07, 6.45) is 3.20. The van der Waals surface area contributed by atoms with Crippen LogP contribution in [0.3, 0.4) is 0 Å². The molecule has 3 rings (SSSR count). The first-order valence-corrected chi connectivity index (χ1v) is 11.3. The number of carboxylic acids is 1. The first-order chi connectivity index (χ1) is 15.3. The highest BCUT2D eigenvalue weighted by Gasteiger charge is 2.43. The van der Waals surface area contributed by atoms with E-state index in [1.54, 1.807) is 31.4 Å². The van der Waals surface area contributed by atoms with Crippen LogP contribution in [0.25, 0.3) is 11.1 Å². The lowest BCUT2D eigenvalue weighted by Crippen LogP contribution is -2.56. The van der Waals surface area contributed by atoms with Gasteiger partial charge in [-0.3, -0.25) is 4.79 Å². The second kappa shape index (κ2) is 10.0. The topological polar surface area (TPSA) is 84.9 Å². The van der Waals surface area contributed by atoms with Gasteiger partial charge in [-0.05, 0) is 49.3 Å². The van der Waals surface area contributed by atoms with E-state index in [-0.39, 0.29) is 15.6 Å². The largest absolute Gasteiger partial charge is 0.497 e. The molecule has 0 saturated heterocycles. The second-order valence-corrected chi connectivity index (χ2v) is 8.83. The summed E-state index contributed by atoms with van der Waals surface area (Å²) < 4.78 is 10.7. The van der Waals surface area contributed by atoms with Crippen LogP contribution in [0, 0.1) is 5.92 Å². The van der Waals surface area contributed by atoms with Gasteiger partial charge in [0.05, 0.1) is 29.8 Å². The van der Waals surface area contributed by atoms with Crippen LogP contribution in [-0.4, -0.2) is 36.7 Å². The third-order valence-electron chi connectivity index (χ3n) is 6.31. The summed E-state index contributed by atoms with van der Waals surface area (Å²) in [5.74, 6) is -0.125. The molecule has 0 aliphatic heterocycles. The van der Waals surface area contributed by atoms with Crippen molar-refractivity contribution in [1.82, 2.24) is 5.32 Å². The highest BCUT2D eigenvalue weighted by atomic mass is 35.5. The summed E-state index contributed by atoms with van der Waals surface area (Å²) in [6.45, 7) is 2.09. The van der Waals surface area contributed by atoms with E-state index in [9.17, 15) is 14.7 Å². The summed E-state index contributed by atoms with van der Waals surface area (Å²) in [6, 6.07) is 8.64. The lowest BCUT2D eigenvalue weighted by molar-refractivity contribution is -0.146. The summed E-state index contributed by atoms with van der Waals surface area (Å²) >= 11 is 13.1. The average molecular weight is 480 g/mol. The number of carbonyl (C=O) groups excluding carboxylic acids is 1. The molecule has 32 heavy (non-hydrogen) atoms. The molecule has 1 amide bonds. The summed E-state index contributed by atoms with van der Waals surface area (Å²) in [5, 5.41) is 12.9. The van der Waals surface area contributed by atoms with Crippen molar-refractivity contribution in [3.63, 3.8) is 0 Å². The first kappa shape index (κ1) is 24.2. The Kier molecular flexibility index (Phi) is 7.57. The third kappa shape index (κ3) is 4.66. The molecule has 0 radical (unpaired) electrons. The standard InChI is InChI=1S/C24H27Cl2NO5/c1-4-14-9-11-24(12-10-14,23(29)30)27-22(28)20-17(25)13-18(32-3)19(21(20)26)15-5-7-16(31-2)8-6-15/h5-8,13-14H,4,9-12H2,1-3H3,(H,27,28)(H,29,30). The van der Waals surface area contributed by atoms with Crippen LogP contribution in [-0.2, 0) is 4.79 Å². The van der Waals surface area contributed by atoms with E-state index in [4.69, 9.17) is 32.7 Å². The van der Waals surface area contributed by atoms with Gasteiger partial charge >= 0.3 is 5.97 Å². The number of amides is 1. The van der Waals surface area contributed by atoms with E-state index < -0.39 is 17.4 Å². The number of ether oxygens (including phenoxy) is 2. The molecule has 2 aromatic rings. The maximum absolute atomic E-state index is 13.3. The molecule has 0 atom stereocenters. The lowest BCUT2D eigenvalue weighted by Gasteiger charge is -2.37. The smallest absolute Gasteiger partial charge is 0.329 e. The van der Waals surface area contributed by atoms with Gasteiger partial charge in [0.15, 0.2) is 0 Å². The minimum absolute atomic E-state index is 0.0261. The Hall–Kier alpha value is -2.44. The van der Waals surface area contributed by atoms with Crippen LogP contribution in [0.2, 0.25) is 10.0 Å². The average Bonchev–Trinajstić information content (AvgIpc) is 2.79. The van der Waals surface area contributed by atoms with Crippen LogP contribution in [0.5, 0.6) is 11.5 Å². The molecule has 1 aliphatic rings. The fourth-order valence-corrected chi connectivity index (χ4v) is 4.96. The van der Waals surface area contributed by atoms with E-state index in [1.807, 2.05) is 0 Å². The number of carboxylic acid groups (broad SMARTS) is 1. The predicted molar refractivity (Wildman–Crippen MR) is 125 cm³/mol. The number of rotatable bonds is 7. The minimum Gasteiger partial charge on any atom is -0.497 e. The summed E-state index contributed by atoms with van der Waals surface area (Å²) in [5.41, 5.74) is -0.117. The Balaban J connectivity index is 2.01. The Bertz CT molecular complexity index is 998. The number of halogens is 2. The molecular formula is C24H27Cl2NO5. The highest BCUT2D eigenvalue weighted by Crippen LogP contribution is 2.43. The fraction of sp³-hybridized carbons (Fsp3) is 0.417. The van der Waals surface area contributed by atoms with Gasteiger partial charge in [0, 0.05) is 11.6 Å². The SMILES string of the molecule is CCC1CCC(NC(=O)c2c(Cl)cc(OC)c(-c3ccc(OC)cc3)c2Cl)(C(=O)O)CC1. The molecule has 1 saturated carbocycles. The Morgan fingerprint density at radius 2 is 1.75 bits per heavy atom. The number of carbonyl (C=O) groups is 2. The normalized spacial score (nSPS) is 20.5. The van der Waals surface area contributed by atoms with E-state index in [1.165, 1.54) is 13.2 Å². The number of benzene rings is 2. The monoisotopic (exact) mass is 479 g/mol. The first-order valence-electron chi connectivity index (χ1n) is 10.5. The predicted octanol–water partition coefficient (Wildman–Crippen LogP) is 5.83. The zero-order valence-electron chi connectivity index (χ0n) is 18.3. The Morgan fingerprint density at radius 3 is 2.25 bits per heavy atom. The van der Waals surface area contributed by atoms with Gasteiger partial charge in [-0.1, -0.05) is 48.7 Å². The lowest BCUT2D eigenvalue weighted by atomic mass is 9.75. The molecule has 172 valence electrons. The second-order valence-electron chi connectivity index (χ2n) is 8.05. The quantitative estimate of drug-likeness (QED) is 0.521. The number of methoxy groups -OCH3 is 2. The van der Waals surface area contributed by atoms with Gasteiger partial charge in [0.25, 0.3) is 5.91 Å². The molecule has 0 bridgehead atoms. The minimum atomic E-state index is -1.34. The summed E-state index contributed by atoms with van der Waals surface area (Å²) in [7, 11) is 3.06. The molecule has 2 N–H and O–H groups in total. The number of hydrogen-bond donors (Lipinski definition) is 2. The molecule has 0 spiro atoms. The van der Waals surface area contributed by atoms with Gasteiger partial charge in [-0.2, -0.15) is 0 Å². The molecule has 8 heteroatoms. The zero-order chi connectivity index (χ0) is 23.5. The van der Waals surface area contributed by atoms with Crippen molar-refractivity contribution in [3.05, 3.63) is 45.9 Å². The van der Waals surface area contributed by atoms with Crippen molar-refractivity contribution in [2.45, 2.75) is 44.6 Å². The van der Waals surface area contributed by atoms with Gasteiger partial charge in [-0.15, -0.1) is 0 Å². The van der Waals surface area contributed by atoms with Crippen LogP contribution >= 0.6 is 23.2 Å². The molecule has 0 unspecified atom stereocenters. The van der Waals surface area contributed by atoms with Crippen molar-refractivity contribution in [2.75, 3.05) is 14.2 Å². The van der Waals surface area contributed by atoms with Crippen LogP contribution < -0.4 is 14.8 Å². The van der Waals surface area contributed by atoms with E-state index >= 15 is 0 Å². The zero-order valence-corrected chi connectivity index (χ0v) is 19.8. The van der Waals surface area contributed by atoms with Crippen molar-refractivity contribution in [2.24, 2.45) is 5.92 Å². The van der Waals surface area contributed by atoms with E-state index in [2.05, 4.69) is 12.2 Å². The maximum Gasteiger partial charge on any atom is 0.329 e. The molecule has 1 fully saturated rings. The highest BCUT2D eigenvalue weighted by molar-refractivity contribution is 6.42. The Morgan fingerprint density at radius 1 is 1.12 bits per heavy atom. The number of nitrogens with one attached hydrogen (secondary N) is 1. The molecular weight excluding hydrogens is 453 g/mol. The van der Waals surface area contributed by atoms with Gasteiger partial charge in [0.1, 0.15) is 17.0 Å². The van der Waals surface area contributed by atoms with Crippen molar-refractivity contribution in [1.29, 1.82) is 0 Å². The third-order valence-corrected chi connectivity index (χ3v) is 6.98. The summed E-state index contributed by atoms with van der Waals surface area (Å²) in [4.78, 5) is 25.4. The van der Waals surface area contributed by atoms with E-state index in [0.717, 1.165) is 19.3 Å². The van der Waals surface area contributed by atoms with Crippen molar-refractivity contribution in [3.8, 4) is 22.6 Å². The van der Waals surface area contributed by atoms with Crippen LogP contribution in [0.15, 0.2) is 30.3 Å². The Labute approximate surface area is 197 Å². The molecule has 1 aliphatic carbocycles. The molecule has 0 heterocycles. The molecule has 6 nitrogen and oxygen atoms in total. The number of hydrogen-bond acceptors (Lipinski definition) is 4. The molecule has 2 aromatic carbocycles. The fourth-order valence-electron chi connectivity index (χ4n) is 4.24. The van der Waals surface area contributed by atoms with Crippen molar-refractivity contribution < 1.29 is 24.2 Å². The number of aliphatic carboxylic acids is 1. The maximum atomic E-state index is 13.3.